The van der Waals surface area contributed by atoms with Crippen LogP contribution in [0.4, 0.5) is 0 Å². The van der Waals surface area contributed by atoms with Gasteiger partial charge in [0, 0.05) is 5.92 Å². The fourth-order valence-electron chi connectivity index (χ4n) is 2.15. The summed E-state index contributed by atoms with van der Waals surface area (Å²) < 4.78 is 5.91. The van der Waals surface area contributed by atoms with Gasteiger partial charge in [0.2, 0.25) is 0 Å². The lowest BCUT2D eigenvalue weighted by Gasteiger charge is -2.30. The summed E-state index contributed by atoms with van der Waals surface area (Å²) in [5.41, 5.74) is -0.353. The molecule has 1 aliphatic heterocycles. The molecule has 0 aliphatic carbocycles. The molecule has 1 fully saturated rings. The third kappa shape index (κ3) is 3.09. The van der Waals surface area contributed by atoms with Crippen LogP contribution in [0.1, 0.15) is 27.2 Å². The maximum absolute atomic E-state index is 10.2. The van der Waals surface area contributed by atoms with Crippen LogP contribution in [-0.4, -0.2) is 48.7 Å². The zero-order chi connectivity index (χ0) is 11.9. The van der Waals surface area contributed by atoms with Crippen molar-refractivity contribution in [1.29, 1.82) is 0 Å². The Hall–Kier alpha value is 0.220. The first-order valence-corrected chi connectivity index (χ1v) is 8.74. The van der Waals surface area contributed by atoms with Crippen molar-refractivity contribution in [3.63, 3.8) is 0 Å². The van der Waals surface area contributed by atoms with Crippen LogP contribution in [0, 0.1) is 5.92 Å². The molecule has 2 nitrogen and oxygen atoms in total. The Morgan fingerprint density at radius 1 is 1.40 bits per heavy atom. The van der Waals surface area contributed by atoms with Gasteiger partial charge in [0.15, 0.2) is 0 Å². The Balaban J connectivity index is 2.64. The Labute approximate surface area is 94.0 Å². The molecule has 0 aromatic carbocycles. The van der Waals surface area contributed by atoms with Crippen LogP contribution in [0.25, 0.3) is 0 Å². The van der Waals surface area contributed by atoms with Crippen LogP contribution in [0.3, 0.4) is 0 Å². The van der Waals surface area contributed by atoms with Crippen molar-refractivity contribution < 1.29 is 9.84 Å². The minimum absolute atomic E-state index is 0.163. The minimum atomic E-state index is -1.02. The van der Waals surface area contributed by atoms with Gasteiger partial charge in [-0.15, -0.1) is 13.2 Å². The third-order valence-corrected chi connectivity index (χ3v) is 4.97. The zero-order valence-corrected chi connectivity index (χ0v) is 11.6. The molecule has 15 heavy (non-hydrogen) atoms. The fourth-order valence-corrected chi connectivity index (χ4v) is 3.20. The topological polar surface area (TPSA) is 29.5 Å². The molecule has 1 N–H and O–H groups in total. The van der Waals surface area contributed by atoms with Gasteiger partial charge in [-0.1, -0.05) is 6.92 Å². The predicted octanol–water partition coefficient (Wildman–Crippen LogP) is 2.26. The Bertz CT molecular complexity index is 271. The second-order valence-electron chi connectivity index (χ2n) is 5.85. The first-order chi connectivity index (χ1) is 6.66. The van der Waals surface area contributed by atoms with Crippen LogP contribution in [0.15, 0.2) is 0 Å². The van der Waals surface area contributed by atoms with Gasteiger partial charge in [0.1, 0.15) is 0 Å². The fraction of sp³-hybridized carbons (Fsp3) is 0.917. The molecule has 3 heteroatoms. The lowest BCUT2D eigenvalue weighted by Crippen LogP contribution is -2.38. The Kier molecular flexibility index (Phi) is 3.75. The maximum Gasteiger partial charge on any atom is 0.0922 e. The van der Waals surface area contributed by atoms with Crippen molar-refractivity contribution in [3.8, 4) is 0 Å². The van der Waals surface area contributed by atoms with E-state index in [2.05, 4.69) is 26.6 Å². The van der Waals surface area contributed by atoms with Gasteiger partial charge in [-0.25, -0.2) is 0 Å². The maximum atomic E-state index is 10.2. The van der Waals surface area contributed by atoms with E-state index in [4.69, 9.17) is 4.74 Å². The van der Waals surface area contributed by atoms with Gasteiger partial charge >= 0.3 is 0 Å². The van der Waals surface area contributed by atoms with Crippen molar-refractivity contribution >= 4 is 13.2 Å². The average Bonchev–Trinajstić information content (AvgIpc) is 2.27. The van der Waals surface area contributed by atoms with E-state index in [1.54, 1.807) is 0 Å². The van der Waals surface area contributed by atoms with Crippen molar-refractivity contribution in [2.24, 2.45) is 5.92 Å². The Morgan fingerprint density at radius 2 is 1.93 bits per heavy atom. The molecule has 0 spiro atoms. The van der Waals surface area contributed by atoms with Gasteiger partial charge in [-0.3, -0.25) is 0 Å². The number of aliphatic hydroxyl groups is 1. The molecule has 0 aromatic rings. The van der Waals surface area contributed by atoms with Crippen LogP contribution in [-0.2, 0) is 4.74 Å². The SMILES string of the molecule is C=P(C)(C)CC[C@@]1(C)O[C@@H](C)[C@H](C)[C@@H]1O. The first-order valence-electron chi connectivity index (χ1n) is 5.69. The number of ether oxygens (including phenoxy) is 1. The van der Waals surface area contributed by atoms with E-state index in [9.17, 15) is 5.11 Å². The summed E-state index contributed by atoms with van der Waals surface area (Å²) in [6.45, 7) is 9.58. The highest BCUT2D eigenvalue weighted by Crippen LogP contribution is 2.43. The summed E-state index contributed by atoms with van der Waals surface area (Å²) in [6, 6.07) is 0. The van der Waals surface area contributed by atoms with Crippen LogP contribution < -0.4 is 0 Å². The molecule has 0 radical (unpaired) electrons. The van der Waals surface area contributed by atoms with E-state index < -0.39 is 6.89 Å². The summed E-state index contributed by atoms with van der Waals surface area (Å²) in [6.07, 6.45) is 6.04. The average molecular weight is 232 g/mol. The van der Waals surface area contributed by atoms with Crippen LogP contribution in [0.5, 0.6) is 0 Å². The third-order valence-electron chi connectivity index (χ3n) is 3.53. The van der Waals surface area contributed by atoms with E-state index in [0.29, 0.717) is 0 Å². The van der Waals surface area contributed by atoms with Crippen LogP contribution >= 0.6 is 6.89 Å². The number of hydrogen-bond donors (Lipinski definition) is 1. The highest BCUT2D eigenvalue weighted by molar-refractivity contribution is 7.72. The quantitative estimate of drug-likeness (QED) is 0.756. The molecule has 4 atom stereocenters. The van der Waals surface area contributed by atoms with Crippen molar-refractivity contribution in [2.75, 3.05) is 19.5 Å². The minimum Gasteiger partial charge on any atom is -0.390 e. The van der Waals surface area contributed by atoms with Gasteiger partial charge in [-0.05, 0) is 39.8 Å². The lowest BCUT2D eigenvalue weighted by atomic mass is 9.89. The summed E-state index contributed by atoms with van der Waals surface area (Å²) in [4.78, 5) is 0. The van der Waals surface area contributed by atoms with Gasteiger partial charge in [0.25, 0.3) is 0 Å². The molecular formula is C12H25O2P. The summed E-state index contributed by atoms with van der Waals surface area (Å²) in [7, 11) is 0. The molecule has 0 bridgehead atoms. The standard InChI is InChI=1S/C12H25O2P/c1-9-10(2)14-12(3,11(9)13)7-8-15(4,5)6/h9-11,13H,4,7-8H2,1-3,5-6H3/t9-,10-,11-,12+/m0/s1. The molecule has 0 aromatic heterocycles. The highest BCUT2D eigenvalue weighted by atomic mass is 31.2. The van der Waals surface area contributed by atoms with Crippen molar-refractivity contribution in [1.82, 2.24) is 0 Å². The normalized spacial score (nSPS) is 42.1. The van der Waals surface area contributed by atoms with Crippen molar-refractivity contribution in [3.05, 3.63) is 0 Å². The second kappa shape index (κ2) is 4.24. The summed E-state index contributed by atoms with van der Waals surface area (Å²) in [5.74, 6) is 0.237. The van der Waals surface area contributed by atoms with E-state index in [1.165, 1.54) is 0 Å². The predicted molar refractivity (Wildman–Crippen MR) is 69.5 cm³/mol. The van der Waals surface area contributed by atoms with Gasteiger partial charge < -0.3 is 9.84 Å². The van der Waals surface area contributed by atoms with Gasteiger partial charge in [-0.2, -0.15) is 0 Å². The monoisotopic (exact) mass is 232 g/mol. The smallest absolute Gasteiger partial charge is 0.0922 e. The summed E-state index contributed by atoms with van der Waals surface area (Å²) >= 11 is 0. The molecule has 0 saturated carbocycles. The number of hydrogen-bond acceptors (Lipinski definition) is 2. The molecule has 90 valence electrons. The number of rotatable bonds is 3. The second-order valence-corrected chi connectivity index (χ2v) is 10.2. The molecule has 1 saturated heterocycles. The first kappa shape index (κ1) is 13.3. The largest absolute Gasteiger partial charge is 0.390 e. The highest BCUT2D eigenvalue weighted by Gasteiger charge is 2.47. The van der Waals surface area contributed by atoms with E-state index in [-0.39, 0.29) is 23.7 Å². The molecule has 1 rings (SSSR count). The van der Waals surface area contributed by atoms with E-state index in [0.717, 1.165) is 12.6 Å². The van der Waals surface area contributed by atoms with E-state index >= 15 is 0 Å². The Morgan fingerprint density at radius 3 is 2.27 bits per heavy atom. The lowest BCUT2D eigenvalue weighted by molar-refractivity contribution is -0.0665. The zero-order valence-electron chi connectivity index (χ0n) is 10.7. The number of aliphatic hydroxyl groups excluding tert-OH is 1. The summed E-state index contributed by atoms with van der Waals surface area (Å²) in [5, 5.41) is 10.2. The molecular weight excluding hydrogens is 207 g/mol. The van der Waals surface area contributed by atoms with Crippen LogP contribution in [0.2, 0.25) is 0 Å². The van der Waals surface area contributed by atoms with Gasteiger partial charge in [0.05, 0.1) is 17.8 Å². The molecule has 1 heterocycles. The molecule has 0 amide bonds. The molecule has 0 unspecified atom stereocenters. The van der Waals surface area contributed by atoms with E-state index in [1.807, 2.05) is 13.8 Å². The molecule has 1 aliphatic rings. The van der Waals surface area contributed by atoms with Crippen molar-refractivity contribution in [2.45, 2.75) is 45.0 Å².